The molecule has 0 aliphatic carbocycles. The number of pyridine rings is 1. The van der Waals surface area contributed by atoms with Gasteiger partial charge in [-0.25, -0.2) is 0 Å². The fourth-order valence-electron chi connectivity index (χ4n) is 1.63. The Labute approximate surface area is 90.2 Å². The minimum Gasteiger partial charge on any atom is -0.385 e. The second-order valence-corrected chi connectivity index (χ2v) is 3.63. The number of Topliss-reactive ketones (excluding diaryl/α,β-unsaturated/α-hetero) is 1. The largest absolute Gasteiger partial charge is 0.385 e. The smallest absolute Gasteiger partial charge is 0.193 e. The maximum Gasteiger partial charge on any atom is 0.193 e. The van der Waals surface area contributed by atoms with Gasteiger partial charge < -0.3 is 5.11 Å². The topological polar surface area (TPSA) is 50.2 Å². The molecule has 1 unspecified atom stereocenters. The average molecular weight is 207 g/mol. The van der Waals surface area contributed by atoms with Gasteiger partial charge in [0.05, 0.1) is 0 Å². The van der Waals surface area contributed by atoms with Crippen LogP contribution in [0.15, 0.2) is 24.5 Å². The van der Waals surface area contributed by atoms with Crippen molar-refractivity contribution in [3.8, 4) is 0 Å². The van der Waals surface area contributed by atoms with E-state index in [4.69, 9.17) is 0 Å². The van der Waals surface area contributed by atoms with E-state index in [1.807, 2.05) is 13.8 Å². The molecule has 3 nitrogen and oxygen atoms in total. The highest BCUT2D eigenvalue weighted by Crippen LogP contribution is 2.16. The molecule has 1 atom stereocenters. The van der Waals surface area contributed by atoms with Crippen LogP contribution in [-0.2, 0) is 0 Å². The lowest BCUT2D eigenvalue weighted by molar-refractivity contribution is 0.0587. The first-order valence-corrected chi connectivity index (χ1v) is 5.33. The van der Waals surface area contributed by atoms with E-state index in [9.17, 15) is 9.90 Å². The lowest BCUT2D eigenvalue weighted by Gasteiger charge is -2.18. The molecule has 82 valence electrons. The molecule has 0 amide bonds. The molecule has 0 saturated heterocycles. The van der Waals surface area contributed by atoms with E-state index >= 15 is 0 Å². The summed E-state index contributed by atoms with van der Waals surface area (Å²) in [5.41, 5.74) is 0.483. The lowest BCUT2D eigenvalue weighted by atomic mass is 9.91. The Morgan fingerprint density at radius 3 is 2.60 bits per heavy atom. The number of aliphatic hydroxyl groups is 1. The second kappa shape index (κ2) is 5.61. The van der Waals surface area contributed by atoms with Crippen molar-refractivity contribution in [1.29, 1.82) is 0 Å². The summed E-state index contributed by atoms with van der Waals surface area (Å²) in [7, 11) is 0. The Bertz CT molecular complexity index is 307. The normalized spacial score (nSPS) is 12.8. The Balaban J connectivity index is 2.77. The number of rotatable bonds is 5. The van der Waals surface area contributed by atoms with Crippen molar-refractivity contribution in [3.63, 3.8) is 0 Å². The molecule has 1 rings (SSSR count). The third-order valence-electron chi connectivity index (χ3n) is 2.71. The first-order valence-electron chi connectivity index (χ1n) is 5.33. The summed E-state index contributed by atoms with van der Waals surface area (Å²) in [6.07, 6.45) is 3.82. The molecule has 1 aromatic rings. The average Bonchev–Trinajstić information content (AvgIpc) is 2.30. The number of hydrogen-bond donors (Lipinski definition) is 1. The first kappa shape index (κ1) is 11.9. The van der Waals surface area contributed by atoms with Crippen molar-refractivity contribution in [2.45, 2.75) is 32.8 Å². The molecule has 0 fully saturated rings. The number of hydrogen-bond acceptors (Lipinski definition) is 3. The minimum atomic E-state index is -0.899. The molecule has 15 heavy (non-hydrogen) atoms. The second-order valence-electron chi connectivity index (χ2n) is 3.63. The van der Waals surface area contributed by atoms with Gasteiger partial charge in [-0.1, -0.05) is 26.7 Å². The van der Waals surface area contributed by atoms with E-state index in [0.29, 0.717) is 5.56 Å². The number of carbonyl (C=O) groups is 1. The van der Waals surface area contributed by atoms with Gasteiger partial charge in [-0.15, -0.1) is 0 Å². The van der Waals surface area contributed by atoms with Gasteiger partial charge >= 0.3 is 0 Å². The third-order valence-corrected chi connectivity index (χ3v) is 2.71. The third kappa shape index (κ3) is 2.86. The summed E-state index contributed by atoms with van der Waals surface area (Å²) in [6, 6.07) is 3.38. The van der Waals surface area contributed by atoms with E-state index in [1.165, 1.54) is 6.20 Å². The van der Waals surface area contributed by atoms with E-state index < -0.39 is 6.10 Å². The predicted octanol–water partition coefficient (Wildman–Crippen LogP) is 2.06. The number of aliphatic hydroxyl groups excluding tert-OH is 1. The first-order chi connectivity index (χ1) is 7.20. The van der Waals surface area contributed by atoms with Crippen LogP contribution in [0.1, 0.15) is 37.0 Å². The van der Waals surface area contributed by atoms with Gasteiger partial charge in [0.15, 0.2) is 5.78 Å². The maximum absolute atomic E-state index is 11.8. The van der Waals surface area contributed by atoms with Gasteiger partial charge in [0.1, 0.15) is 6.10 Å². The fraction of sp³-hybridized carbons (Fsp3) is 0.500. The van der Waals surface area contributed by atoms with E-state index in [1.54, 1.807) is 18.3 Å². The molecule has 1 heterocycles. The summed E-state index contributed by atoms with van der Waals surface area (Å²) in [5.74, 6) is -0.186. The zero-order chi connectivity index (χ0) is 11.3. The summed E-state index contributed by atoms with van der Waals surface area (Å²) in [4.78, 5) is 15.7. The van der Waals surface area contributed by atoms with Crippen molar-refractivity contribution in [3.05, 3.63) is 30.1 Å². The van der Waals surface area contributed by atoms with E-state index in [-0.39, 0.29) is 11.7 Å². The maximum atomic E-state index is 11.8. The molecule has 3 heteroatoms. The van der Waals surface area contributed by atoms with Crippen LogP contribution < -0.4 is 0 Å². The number of nitrogens with zero attached hydrogens (tertiary/aromatic N) is 1. The monoisotopic (exact) mass is 207 g/mol. The molecule has 0 bridgehead atoms. The number of carbonyl (C=O) groups excluding carboxylic acids is 1. The van der Waals surface area contributed by atoms with Gasteiger partial charge in [0.2, 0.25) is 0 Å². The Kier molecular flexibility index (Phi) is 4.43. The zero-order valence-electron chi connectivity index (χ0n) is 9.18. The van der Waals surface area contributed by atoms with Crippen molar-refractivity contribution >= 4 is 5.78 Å². The molecular weight excluding hydrogens is 190 g/mol. The van der Waals surface area contributed by atoms with E-state index in [0.717, 1.165) is 12.8 Å². The highest BCUT2D eigenvalue weighted by Gasteiger charge is 2.24. The van der Waals surface area contributed by atoms with Crippen molar-refractivity contribution in [1.82, 2.24) is 4.98 Å². The molecule has 0 saturated carbocycles. The molecule has 0 aliphatic heterocycles. The van der Waals surface area contributed by atoms with Crippen LogP contribution in [0.25, 0.3) is 0 Å². The molecule has 0 aliphatic rings. The highest BCUT2D eigenvalue weighted by atomic mass is 16.3. The SMILES string of the molecule is CCC(CC)C(O)C(=O)c1cccnc1. The van der Waals surface area contributed by atoms with Gasteiger partial charge in [-0.2, -0.15) is 0 Å². The van der Waals surface area contributed by atoms with Crippen LogP contribution in [0.4, 0.5) is 0 Å². The van der Waals surface area contributed by atoms with Crippen LogP contribution in [0.2, 0.25) is 0 Å². The summed E-state index contributed by atoms with van der Waals surface area (Å²) >= 11 is 0. The van der Waals surface area contributed by atoms with Crippen molar-refractivity contribution in [2.24, 2.45) is 5.92 Å². The summed E-state index contributed by atoms with van der Waals surface area (Å²) in [6.45, 7) is 3.96. The molecule has 1 aromatic heterocycles. The Morgan fingerprint density at radius 1 is 1.47 bits per heavy atom. The van der Waals surface area contributed by atoms with Crippen molar-refractivity contribution < 1.29 is 9.90 Å². The van der Waals surface area contributed by atoms with E-state index in [2.05, 4.69) is 4.98 Å². The van der Waals surface area contributed by atoms with Crippen LogP contribution in [0, 0.1) is 5.92 Å². The molecule has 1 N–H and O–H groups in total. The summed E-state index contributed by atoms with van der Waals surface area (Å²) in [5, 5.41) is 9.85. The predicted molar refractivity (Wildman–Crippen MR) is 58.6 cm³/mol. The lowest BCUT2D eigenvalue weighted by Crippen LogP contribution is -2.29. The molecule has 0 spiro atoms. The van der Waals surface area contributed by atoms with Crippen molar-refractivity contribution in [2.75, 3.05) is 0 Å². The van der Waals surface area contributed by atoms with Gasteiger partial charge in [-0.05, 0) is 18.1 Å². The minimum absolute atomic E-state index is 0.0395. The Hall–Kier alpha value is -1.22. The quantitative estimate of drug-likeness (QED) is 0.752. The summed E-state index contributed by atoms with van der Waals surface area (Å²) < 4.78 is 0. The molecule has 0 radical (unpaired) electrons. The fourth-order valence-corrected chi connectivity index (χ4v) is 1.63. The van der Waals surface area contributed by atoms with Crippen LogP contribution in [0.5, 0.6) is 0 Å². The molecule has 0 aromatic carbocycles. The van der Waals surface area contributed by atoms with Crippen LogP contribution >= 0.6 is 0 Å². The van der Waals surface area contributed by atoms with Crippen LogP contribution in [0.3, 0.4) is 0 Å². The number of aromatic nitrogens is 1. The van der Waals surface area contributed by atoms with Crippen LogP contribution in [-0.4, -0.2) is 22.0 Å². The number of ketones is 1. The van der Waals surface area contributed by atoms with Gasteiger partial charge in [0, 0.05) is 18.0 Å². The molecular formula is C12H17NO2. The van der Waals surface area contributed by atoms with Gasteiger partial charge in [-0.3, -0.25) is 9.78 Å². The van der Waals surface area contributed by atoms with Gasteiger partial charge in [0.25, 0.3) is 0 Å². The zero-order valence-corrected chi connectivity index (χ0v) is 9.18. The standard InChI is InChI=1S/C12H17NO2/c1-3-9(4-2)11(14)12(15)10-6-5-7-13-8-10/h5-9,11,14H,3-4H2,1-2H3. The Morgan fingerprint density at radius 2 is 2.13 bits per heavy atom. The highest BCUT2D eigenvalue weighted by molar-refractivity contribution is 5.99.